The number of nitrogens with zero attached hydrogens (tertiary/aromatic N) is 1. The van der Waals surface area contributed by atoms with Gasteiger partial charge >= 0.3 is 0 Å². The van der Waals surface area contributed by atoms with Gasteiger partial charge in [0.1, 0.15) is 0 Å². The molecule has 0 amide bonds. The number of nitrogens with two attached hydrogens (primary N) is 1. The van der Waals surface area contributed by atoms with E-state index in [0.717, 1.165) is 12.6 Å². The second-order valence-corrected chi connectivity index (χ2v) is 6.32. The maximum absolute atomic E-state index is 5.95. The number of hydrogen-bond donors (Lipinski definition) is 1. The topological polar surface area (TPSA) is 29.3 Å². The highest BCUT2D eigenvalue weighted by molar-refractivity contribution is 7.98. The summed E-state index contributed by atoms with van der Waals surface area (Å²) in [6.45, 7) is 0.821. The van der Waals surface area contributed by atoms with Crippen LogP contribution in [0.3, 0.4) is 0 Å². The third-order valence-corrected chi connectivity index (χ3v) is 4.83. The van der Waals surface area contributed by atoms with Crippen molar-refractivity contribution in [3.63, 3.8) is 0 Å². The molecule has 1 aliphatic rings. The summed E-state index contributed by atoms with van der Waals surface area (Å²) in [6.07, 6.45) is 13.2. The Kier molecular flexibility index (Phi) is 8.33. The summed E-state index contributed by atoms with van der Waals surface area (Å²) in [5, 5.41) is 0. The predicted molar refractivity (Wildman–Crippen MR) is 79.7 cm³/mol. The standard InChI is InChI=1S/C14H30N2S/c1-16(13-8-5-3-4-6-9-13)14(12-15)10-7-11-17-2/h13-14H,3-12,15H2,1-2H3. The Labute approximate surface area is 112 Å². The van der Waals surface area contributed by atoms with Crippen LogP contribution in [0.1, 0.15) is 51.4 Å². The maximum atomic E-state index is 5.95. The molecule has 0 spiro atoms. The molecular formula is C14H30N2S. The Balaban J connectivity index is 2.36. The normalized spacial score (nSPS) is 20.5. The van der Waals surface area contributed by atoms with E-state index in [1.54, 1.807) is 0 Å². The molecule has 1 atom stereocenters. The van der Waals surface area contributed by atoms with Crippen LogP contribution < -0.4 is 5.73 Å². The second-order valence-electron chi connectivity index (χ2n) is 5.34. The molecule has 17 heavy (non-hydrogen) atoms. The lowest BCUT2D eigenvalue weighted by Crippen LogP contribution is -2.44. The molecule has 0 heterocycles. The number of likely N-dealkylation sites (N-methyl/N-ethyl adjacent to an activating group) is 1. The third kappa shape index (κ3) is 5.62. The molecule has 0 radical (unpaired) electrons. The zero-order valence-corrected chi connectivity index (χ0v) is 12.5. The van der Waals surface area contributed by atoms with E-state index in [0.29, 0.717) is 6.04 Å². The highest BCUT2D eigenvalue weighted by Gasteiger charge is 2.22. The Hall–Kier alpha value is 0.270. The highest BCUT2D eigenvalue weighted by Crippen LogP contribution is 2.23. The Morgan fingerprint density at radius 3 is 2.41 bits per heavy atom. The zero-order valence-electron chi connectivity index (χ0n) is 11.7. The first-order chi connectivity index (χ1) is 8.29. The first-order valence-corrected chi connectivity index (χ1v) is 8.60. The molecule has 0 aromatic carbocycles. The van der Waals surface area contributed by atoms with Gasteiger partial charge < -0.3 is 5.73 Å². The molecule has 0 saturated heterocycles. The lowest BCUT2D eigenvalue weighted by atomic mass is 10.0. The van der Waals surface area contributed by atoms with E-state index in [1.165, 1.54) is 57.1 Å². The molecule has 1 saturated carbocycles. The number of hydrogen-bond acceptors (Lipinski definition) is 3. The van der Waals surface area contributed by atoms with E-state index >= 15 is 0 Å². The van der Waals surface area contributed by atoms with Crippen molar-refractivity contribution in [3.05, 3.63) is 0 Å². The summed E-state index contributed by atoms with van der Waals surface area (Å²) < 4.78 is 0. The lowest BCUT2D eigenvalue weighted by molar-refractivity contribution is 0.153. The van der Waals surface area contributed by atoms with E-state index in [-0.39, 0.29) is 0 Å². The van der Waals surface area contributed by atoms with Crippen LogP contribution in [0.5, 0.6) is 0 Å². The van der Waals surface area contributed by atoms with Gasteiger partial charge in [-0.25, -0.2) is 0 Å². The van der Waals surface area contributed by atoms with Crippen molar-refractivity contribution in [1.29, 1.82) is 0 Å². The minimum atomic E-state index is 0.602. The maximum Gasteiger partial charge on any atom is 0.0218 e. The fraction of sp³-hybridized carbons (Fsp3) is 1.00. The zero-order chi connectivity index (χ0) is 12.5. The van der Waals surface area contributed by atoms with Crippen molar-refractivity contribution in [3.8, 4) is 0 Å². The highest BCUT2D eigenvalue weighted by atomic mass is 32.2. The minimum Gasteiger partial charge on any atom is -0.329 e. The van der Waals surface area contributed by atoms with Gasteiger partial charge in [0.25, 0.3) is 0 Å². The molecule has 0 aromatic heterocycles. The Morgan fingerprint density at radius 2 is 1.88 bits per heavy atom. The fourth-order valence-electron chi connectivity index (χ4n) is 2.91. The predicted octanol–water partition coefficient (Wildman–Crippen LogP) is 3.11. The number of rotatable bonds is 7. The van der Waals surface area contributed by atoms with Crippen molar-refractivity contribution < 1.29 is 0 Å². The first-order valence-electron chi connectivity index (χ1n) is 7.20. The van der Waals surface area contributed by atoms with Crippen molar-refractivity contribution in [2.45, 2.75) is 63.5 Å². The molecule has 1 unspecified atom stereocenters. The molecule has 1 aliphatic carbocycles. The van der Waals surface area contributed by atoms with Gasteiger partial charge in [0.2, 0.25) is 0 Å². The molecule has 0 aliphatic heterocycles. The molecule has 102 valence electrons. The van der Waals surface area contributed by atoms with Crippen molar-refractivity contribution in [2.24, 2.45) is 5.73 Å². The average Bonchev–Trinajstić information content (AvgIpc) is 2.63. The summed E-state index contributed by atoms with van der Waals surface area (Å²) >= 11 is 1.95. The summed E-state index contributed by atoms with van der Waals surface area (Å²) in [6, 6.07) is 1.39. The molecule has 2 N–H and O–H groups in total. The summed E-state index contributed by atoms with van der Waals surface area (Å²) in [7, 11) is 2.30. The van der Waals surface area contributed by atoms with Gasteiger partial charge in [0.05, 0.1) is 0 Å². The summed E-state index contributed by atoms with van der Waals surface area (Å²) in [4.78, 5) is 2.59. The molecule has 2 nitrogen and oxygen atoms in total. The van der Waals surface area contributed by atoms with E-state index in [1.807, 2.05) is 11.8 Å². The van der Waals surface area contributed by atoms with Crippen LogP contribution in [0, 0.1) is 0 Å². The monoisotopic (exact) mass is 258 g/mol. The molecule has 0 bridgehead atoms. The van der Waals surface area contributed by atoms with Crippen LogP contribution in [-0.4, -0.2) is 42.6 Å². The summed E-state index contributed by atoms with van der Waals surface area (Å²) in [5.74, 6) is 1.27. The quantitative estimate of drug-likeness (QED) is 0.562. The van der Waals surface area contributed by atoms with Gasteiger partial charge in [0, 0.05) is 18.6 Å². The fourth-order valence-corrected chi connectivity index (χ4v) is 3.37. The second kappa shape index (κ2) is 9.23. The Morgan fingerprint density at radius 1 is 1.24 bits per heavy atom. The third-order valence-electron chi connectivity index (χ3n) is 4.13. The van der Waals surface area contributed by atoms with Gasteiger partial charge in [-0.1, -0.05) is 25.7 Å². The molecule has 0 aromatic rings. The van der Waals surface area contributed by atoms with Gasteiger partial charge in [-0.15, -0.1) is 0 Å². The van der Waals surface area contributed by atoms with Crippen LogP contribution >= 0.6 is 11.8 Å². The summed E-state index contributed by atoms with van der Waals surface area (Å²) in [5.41, 5.74) is 5.95. The molecule has 1 fully saturated rings. The average molecular weight is 258 g/mol. The smallest absolute Gasteiger partial charge is 0.0218 e. The van der Waals surface area contributed by atoms with Gasteiger partial charge in [0.15, 0.2) is 0 Å². The van der Waals surface area contributed by atoms with Gasteiger partial charge in [-0.05, 0) is 44.7 Å². The van der Waals surface area contributed by atoms with Crippen LogP contribution in [0.4, 0.5) is 0 Å². The van der Waals surface area contributed by atoms with Gasteiger partial charge in [-0.3, -0.25) is 4.90 Å². The lowest BCUT2D eigenvalue weighted by Gasteiger charge is -2.34. The molecule has 3 heteroatoms. The van der Waals surface area contributed by atoms with Gasteiger partial charge in [-0.2, -0.15) is 11.8 Å². The van der Waals surface area contributed by atoms with Crippen molar-refractivity contribution in [2.75, 3.05) is 25.6 Å². The largest absolute Gasteiger partial charge is 0.329 e. The first kappa shape index (κ1) is 15.3. The van der Waals surface area contributed by atoms with E-state index in [2.05, 4.69) is 18.2 Å². The van der Waals surface area contributed by atoms with Crippen LogP contribution in [-0.2, 0) is 0 Å². The van der Waals surface area contributed by atoms with Crippen LogP contribution in [0.15, 0.2) is 0 Å². The molecular weight excluding hydrogens is 228 g/mol. The molecule has 1 rings (SSSR count). The van der Waals surface area contributed by atoms with E-state index in [9.17, 15) is 0 Å². The van der Waals surface area contributed by atoms with Crippen molar-refractivity contribution in [1.82, 2.24) is 4.90 Å². The van der Waals surface area contributed by atoms with Crippen LogP contribution in [0.25, 0.3) is 0 Å². The minimum absolute atomic E-state index is 0.602. The Bertz CT molecular complexity index is 179. The number of thioether (sulfide) groups is 1. The van der Waals surface area contributed by atoms with Crippen LogP contribution in [0.2, 0.25) is 0 Å². The van der Waals surface area contributed by atoms with E-state index < -0.39 is 0 Å². The van der Waals surface area contributed by atoms with Crippen molar-refractivity contribution >= 4 is 11.8 Å². The van der Waals surface area contributed by atoms with E-state index in [4.69, 9.17) is 5.73 Å². The SMILES string of the molecule is CSCCCC(CN)N(C)C1CCCCCC1.